The lowest BCUT2D eigenvalue weighted by Crippen LogP contribution is -2.06. The molecule has 0 saturated carbocycles. The zero-order chi connectivity index (χ0) is 9.42. The predicted molar refractivity (Wildman–Crippen MR) is 44.3 cm³/mol. The van der Waals surface area contributed by atoms with Crippen molar-refractivity contribution in [1.29, 1.82) is 0 Å². The Bertz CT molecular complexity index is 408. The number of halogens is 2. The molecule has 0 aromatic heterocycles. The smallest absolute Gasteiger partial charge is 0.167 e. The lowest BCUT2D eigenvalue weighted by molar-refractivity contribution is 0.0993. The van der Waals surface area contributed by atoms with Crippen LogP contribution in [0.5, 0.6) is 0 Å². The molecular formula is C10H6F2O. The van der Waals surface area contributed by atoms with E-state index < -0.39 is 11.6 Å². The van der Waals surface area contributed by atoms with Crippen LogP contribution in [0, 0.1) is 11.6 Å². The van der Waals surface area contributed by atoms with Gasteiger partial charge in [0.15, 0.2) is 5.78 Å². The van der Waals surface area contributed by atoms with E-state index in [2.05, 4.69) is 0 Å². The molecule has 1 aromatic carbocycles. The first-order valence-electron chi connectivity index (χ1n) is 3.87. The molecule has 0 amide bonds. The first-order valence-corrected chi connectivity index (χ1v) is 3.87. The fourth-order valence-corrected chi connectivity index (χ4v) is 1.38. The number of carbonyl (C=O) groups is 1. The highest BCUT2D eigenvalue weighted by Crippen LogP contribution is 2.23. The fraction of sp³-hybridized carbons (Fsp3) is 0.100. The normalized spacial score (nSPS) is 14.5. The Morgan fingerprint density at radius 3 is 2.77 bits per heavy atom. The molecule has 3 heteroatoms. The van der Waals surface area contributed by atoms with Crippen LogP contribution in [-0.4, -0.2) is 5.78 Å². The van der Waals surface area contributed by atoms with Gasteiger partial charge in [0, 0.05) is 23.6 Å². The minimum atomic E-state index is -0.708. The first kappa shape index (κ1) is 8.10. The molecule has 0 N–H and O–H groups in total. The average Bonchev–Trinajstić information content (AvgIpc) is 2.07. The maximum atomic E-state index is 13.1. The Morgan fingerprint density at radius 2 is 2.00 bits per heavy atom. The first-order chi connectivity index (χ1) is 6.18. The summed E-state index contributed by atoms with van der Waals surface area (Å²) in [6.45, 7) is 0. The molecular weight excluding hydrogens is 174 g/mol. The van der Waals surface area contributed by atoms with E-state index in [1.807, 2.05) is 0 Å². The standard InChI is InChI=1S/C10H6F2O/c11-6-4-8-7(9(12)5-6)2-1-3-10(8)13/h1-2,4-5H,3H2. The van der Waals surface area contributed by atoms with Crippen molar-refractivity contribution in [3.05, 3.63) is 41.0 Å². The summed E-state index contributed by atoms with van der Waals surface area (Å²) in [6.07, 6.45) is 3.30. The van der Waals surface area contributed by atoms with Gasteiger partial charge in [-0.3, -0.25) is 4.79 Å². The average molecular weight is 180 g/mol. The molecule has 0 bridgehead atoms. The number of carbonyl (C=O) groups excluding carboxylic acids is 1. The van der Waals surface area contributed by atoms with E-state index in [1.54, 1.807) is 6.08 Å². The summed E-state index contributed by atoms with van der Waals surface area (Å²) in [6, 6.07) is 1.85. The van der Waals surface area contributed by atoms with E-state index in [9.17, 15) is 13.6 Å². The molecule has 1 nitrogen and oxygen atoms in total. The van der Waals surface area contributed by atoms with Gasteiger partial charge in [-0.2, -0.15) is 0 Å². The molecule has 0 unspecified atom stereocenters. The van der Waals surface area contributed by atoms with Crippen LogP contribution in [0.4, 0.5) is 8.78 Å². The van der Waals surface area contributed by atoms with Gasteiger partial charge in [0.1, 0.15) is 11.6 Å². The van der Waals surface area contributed by atoms with Crippen molar-refractivity contribution in [3.8, 4) is 0 Å². The van der Waals surface area contributed by atoms with E-state index in [0.29, 0.717) is 0 Å². The molecule has 0 heterocycles. The van der Waals surface area contributed by atoms with Crippen molar-refractivity contribution in [3.63, 3.8) is 0 Å². The molecule has 1 aliphatic carbocycles. The third-order valence-electron chi connectivity index (χ3n) is 1.98. The molecule has 2 rings (SSSR count). The molecule has 13 heavy (non-hydrogen) atoms. The summed E-state index contributed by atoms with van der Waals surface area (Å²) in [4.78, 5) is 11.2. The van der Waals surface area contributed by atoms with Crippen LogP contribution in [0.25, 0.3) is 6.08 Å². The van der Waals surface area contributed by atoms with Crippen molar-refractivity contribution in [2.24, 2.45) is 0 Å². The summed E-state index contributed by atoms with van der Waals surface area (Å²) < 4.78 is 25.8. The maximum Gasteiger partial charge on any atom is 0.167 e. The van der Waals surface area contributed by atoms with E-state index >= 15 is 0 Å². The molecule has 66 valence electrons. The molecule has 0 saturated heterocycles. The van der Waals surface area contributed by atoms with Crippen molar-refractivity contribution in [1.82, 2.24) is 0 Å². The minimum absolute atomic E-state index is 0.139. The van der Waals surface area contributed by atoms with E-state index in [1.165, 1.54) is 6.08 Å². The van der Waals surface area contributed by atoms with Crippen LogP contribution < -0.4 is 0 Å². The number of ketones is 1. The number of rotatable bonds is 0. The van der Waals surface area contributed by atoms with Gasteiger partial charge in [0.2, 0.25) is 0 Å². The highest BCUT2D eigenvalue weighted by molar-refractivity contribution is 6.02. The second-order valence-electron chi connectivity index (χ2n) is 2.88. The molecule has 0 fully saturated rings. The fourth-order valence-electron chi connectivity index (χ4n) is 1.38. The van der Waals surface area contributed by atoms with E-state index in [-0.39, 0.29) is 23.3 Å². The zero-order valence-corrected chi connectivity index (χ0v) is 6.68. The SMILES string of the molecule is O=C1CC=Cc2c(F)cc(F)cc21. The number of Topliss-reactive ketones (excluding diaryl/α,β-unsaturated/α-hetero) is 1. The molecule has 0 atom stereocenters. The largest absolute Gasteiger partial charge is 0.294 e. The molecule has 1 aromatic rings. The Kier molecular flexibility index (Phi) is 1.72. The van der Waals surface area contributed by atoms with Crippen LogP contribution in [0.15, 0.2) is 18.2 Å². The van der Waals surface area contributed by atoms with Crippen molar-refractivity contribution < 1.29 is 13.6 Å². The van der Waals surface area contributed by atoms with Crippen molar-refractivity contribution in [2.75, 3.05) is 0 Å². The molecule has 0 aliphatic heterocycles. The third-order valence-corrected chi connectivity index (χ3v) is 1.98. The van der Waals surface area contributed by atoms with E-state index in [4.69, 9.17) is 0 Å². The predicted octanol–water partition coefficient (Wildman–Crippen LogP) is 2.56. The number of hydrogen-bond acceptors (Lipinski definition) is 1. The molecule has 1 aliphatic rings. The van der Waals surface area contributed by atoms with Crippen LogP contribution in [0.3, 0.4) is 0 Å². The van der Waals surface area contributed by atoms with Crippen LogP contribution in [0.1, 0.15) is 22.3 Å². The van der Waals surface area contributed by atoms with Gasteiger partial charge in [-0.25, -0.2) is 8.78 Å². The topological polar surface area (TPSA) is 17.1 Å². The Balaban J connectivity index is 2.71. The third kappa shape index (κ3) is 1.26. The minimum Gasteiger partial charge on any atom is -0.294 e. The Labute approximate surface area is 73.7 Å². The summed E-state index contributed by atoms with van der Waals surface area (Å²) >= 11 is 0. The maximum absolute atomic E-state index is 13.1. The monoisotopic (exact) mass is 180 g/mol. The van der Waals surface area contributed by atoms with Crippen LogP contribution in [0.2, 0.25) is 0 Å². The lowest BCUT2D eigenvalue weighted by Gasteiger charge is -2.09. The Morgan fingerprint density at radius 1 is 1.23 bits per heavy atom. The van der Waals surface area contributed by atoms with Gasteiger partial charge in [-0.1, -0.05) is 12.2 Å². The molecule has 0 radical (unpaired) electrons. The van der Waals surface area contributed by atoms with Crippen LogP contribution in [-0.2, 0) is 0 Å². The second kappa shape index (κ2) is 2.76. The summed E-state index contributed by atoms with van der Waals surface area (Å²) in [5.74, 6) is -1.63. The number of fused-ring (bicyclic) bond motifs is 1. The Hall–Kier alpha value is -1.51. The van der Waals surface area contributed by atoms with Gasteiger partial charge in [0.05, 0.1) is 0 Å². The second-order valence-corrected chi connectivity index (χ2v) is 2.88. The summed E-state index contributed by atoms with van der Waals surface area (Å²) in [7, 11) is 0. The quantitative estimate of drug-likeness (QED) is 0.599. The summed E-state index contributed by atoms with van der Waals surface area (Å²) in [5.41, 5.74) is 0.331. The highest BCUT2D eigenvalue weighted by Gasteiger charge is 2.17. The number of allylic oxidation sites excluding steroid dienone is 1. The van der Waals surface area contributed by atoms with Crippen LogP contribution >= 0.6 is 0 Å². The lowest BCUT2D eigenvalue weighted by atomic mass is 9.96. The molecule has 0 spiro atoms. The highest BCUT2D eigenvalue weighted by atomic mass is 19.1. The van der Waals surface area contributed by atoms with Gasteiger partial charge < -0.3 is 0 Å². The zero-order valence-electron chi connectivity index (χ0n) is 6.68. The summed E-state index contributed by atoms with van der Waals surface area (Å²) in [5, 5.41) is 0. The van der Waals surface area contributed by atoms with Gasteiger partial charge in [0.25, 0.3) is 0 Å². The van der Waals surface area contributed by atoms with Crippen molar-refractivity contribution >= 4 is 11.9 Å². The van der Waals surface area contributed by atoms with Gasteiger partial charge in [-0.15, -0.1) is 0 Å². The van der Waals surface area contributed by atoms with Gasteiger partial charge >= 0.3 is 0 Å². The number of hydrogen-bond donors (Lipinski definition) is 0. The van der Waals surface area contributed by atoms with E-state index in [0.717, 1.165) is 12.1 Å². The van der Waals surface area contributed by atoms with Crippen molar-refractivity contribution in [2.45, 2.75) is 6.42 Å². The van der Waals surface area contributed by atoms with Gasteiger partial charge in [-0.05, 0) is 6.07 Å². The number of benzene rings is 1.